The Balaban J connectivity index is 1.94. The summed E-state index contributed by atoms with van der Waals surface area (Å²) in [5, 5.41) is 4.35. The Morgan fingerprint density at radius 3 is 2.59 bits per heavy atom. The van der Waals surface area contributed by atoms with Crippen LogP contribution in [0.1, 0.15) is 10.4 Å². The first-order chi connectivity index (χ1) is 10.7. The SMILES string of the molecule is COC(=O)c1ccc(-c2cnn(-c3ccccc3)c2)cc1N. The van der Waals surface area contributed by atoms with Crippen LogP contribution in [0.15, 0.2) is 60.9 Å². The number of anilines is 1. The highest BCUT2D eigenvalue weighted by atomic mass is 16.5. The van der Waals surface area contributed by atoms with E-state index in [2.05, 4.69) is 9.84 Å². The first-order valence-corrected chi connectivity index (χ1v) is 6.77. The van der Waals surface area contributed by atoms with Crippen LogP contribution >= 0.6 is 0 Å². The molecular weight excluding hydrogens is 278 g/mol. The zero-order chi connectivity index (χ0) is 15.5. The van der Waals surface area contributed by atoms with E-state index < -0.39 is 5.97 Å². The van der Waals surface area contributed by atoms with Crippen LogP contribution in [0.3, 0.4) is 0 Å². The van der Waals surface area contributed by atoms with Gasteiger partial charge in [-0.15, -0.1) is 0 Å². The number of carbonyl (C=O) groups is 1. The van der Waals surface area contributed by atoms with Crippen molar-refractivity contribution in [1.82, 2.24) is 9.78 Å². The van der Waals surface area contributed by atoms with Crippen LogP contribution in [0.4, 0.5) is 5.69 Å². The van der Waals surface area contributed by atoms with E-state index >= 15 is 0 Å². The number of nitrogens with two attached hydrogens (primary N) is 1. The van der Waals surface area contributed by atoms with Crippen molar-refractivity contribution >= 4 is 11.7 Å². The Hall–Kier alpha value is -3.08. The molecule has 0 bridgehead atoms. The van der Waals surface area contributed by atoms with Crippen LogP contribution in [0.5, 0.6) is 0 Å². The zero-order valence-electron chi connectivity index (χ0n) is 12.1. The van der Waals surface area contributed by atoms with Crippen molar-refractivity contribution in [1.29, 1.82) is 0 Å². The average molecular weight is 293 g/mol. The Labute approximate surface area is 127 Å². The van der Waals surface area contributed by atoms with Crippen molar-refractivity contribution in [2.45, 2.75) is 0 Å². The van der Waals surface area contributed by atoms with E-state index in [1.165, 1.54) is 7.11 Å². The molecule has 2 N–H and O–H groups in total. The number of hydrogen-bond acceptors (Lipinski definition) is 4. The Morgan fingerprint density at radius 2 is 1.91 bits per heavy atom. The van der Waals surface area contributed by atoms with Crippen LogP contribution in [0.2, 0.25) is 0 Å². The van der Waals surface area contributed by atoms with Gasteiger partial charge in [-0.05, 0) is 29.8 Å². The molecule has 5 nitrogen and oxygen atoms in total. The van der Waals surface area contributed by atoms with Gasteiger partial charge in [0, 0.05) is 17.4 Å². The molecular formula is C17H15N3O2. The van der Waals surface area contributed by atoms with Crippen LogP contribution in [-0.4, -0.2) is 22.9 Å². The quantitative estimate of drug-likeness (QED) is 0.595. The third kappa shape index (κ3) is 2.56. The minimum Gasteiger partial charge on any atom is -0.465 e. The molecule has 0 aliphatic carbocycles. The van der Waals surface area contributed by atoms with Gasteiger partial charge in [-0.25, -0.2) is 9.48 Å². The van der Waals surface area contributed by atoms with E-state index in [4.69, 9.17) is 5.73 Å². The molecule has 22 heavy (non-hydrogen) atoms. The fraction of sp³-hybridized carbons (Fsp3) is 0.0588. The molecule has 110 valence electrons. The molecule has 0 amide bonds. The van der Waals surface area contributed by atoms with Gasteiger partial charge in [-0.3, -0.25) is 0 Å². The number of carbonyl (C=O) groups excluding carboxylic acids is 1. The lowest BCUT2D eigenvalue weighted by molar-refractivity contribution is 0.0602. The number of ether oxygens (including phenoxy) is 1. The molecule has 0 radical (unpaired) electrons. The number of nitrogens with zero attached hydrogens (tertiary/aromatic N) is 2. The standard InChI is InChI=1S/C17H15N3O2/c1-22-17(21)15-8-7-12(9-16(15)18)13-10-19-20(11-13)14-5-3-2-4-6-14/h2-11H,18H2,1H3. The Morgan fingerprint density at radius 1 is 1.14 bits per heavy atom. The van der Waals surface area contributed by atoms with Crippen molar-refractivity contribution in [2.24, 2.45) is 0 Å². The number of aromatic nitrogens is 2. The van der Waals surface area contributed by atoms with Crippen molar-refractivity contribution in [3.63, 3.8) is 0 Å². The Bertz CT molecular complexity index is 810. The summed E-state index contributed by atoms with van der Waals surface area (Å²) < 4.78 is 6.48. The predicted octanol–water partition coefficient (Wildman–Crippen LogP) is 2.91. The molecule has 1 aromatic heterocycles. The first kappa shape index (κ1) is 13.9. The van der Waals surface area contributed by atoms with Crippen LogP contribution in [0, 0.1) is 0 Å². The van der Waals surface area contributed by atoms with Crippen molar-refractivity contribution in [3.05, 3.63) is 66.5 Å². The summed E-state index contributed by atoms with van der Waals surface area (Å²) >= 11 is 0. The van der Waals surface area contributed by atoms with Gasteiger partial charge in [-0.1, -0.05) is 24.3 Å². The molecule has 2 aromatic carbocycles. The lowest BCUT2D eigenvalue weighted by atomic mass is 10.1. The molecule has 0 spiro atoms. The highest BCUT2D eigenvalue weighted by Gasteiger charge is 2.11. The van der Waals surface area contributed by atoms with Crippen molar-refractivity contribution in [2.75, 3.05) is 12.8 Å². The molecule has 0 atom stereocenters. The third-order valence-electron chi connectivity index (χ3n) is 3.39. The monoisotopic (exact) mass is 293 g/mol. The van der Waals surface area contributed by atoms with Crippen molar-refractivity contribution in [3.8, 4) is 16.8 Å². The molecule has 0 aliphatic heterocycles. The lowest BCUT2D eigenvalue weighted by Gasteiger charge is -2.05. The van der Waals surface area contributed by atoms with E-state index in [-0.39, 0.29) is 0 Å². The van der Waals surface area contributed by atoms with Gasteiger partial charge < -0.3 is 10.5 Å². The number of para-hydroxylation sites is 1. The third-order valence-corrected chi connectivity index (χ3v) is 3.39. The van der Waals surface area contributed by atoms with Crippen molar-refractivity contribution < 1.29 is 9.53 Å². The molecule has 0 unspecified atom stereocenters. The summed E-state index contributed by atoms with van der Waals surface area (Å²) in [6, 6.07) is 15.1. The summed E-state index contributed by atoms with van der Waals surface area (Å²) in [5.41, 5.74) is 9.47. The molecule has 0 saturated heterocycles. The summed E-state index contributed by atoms with van der Waals surface area (Å²) in [4.78, 5) is 11.6. The molecule has 0 fully saturated rings. The largest absolute Gasteiger partial charge is 0.465 e. The second-order valence-electron chi connectivity index (χ2n) is 4.80. The first-order valence-electron chi connectivity index (χ1n) is 6.77. The van der Waals surface area contributed by atoms with Gasteiger partial charge in [0.25, 0.3) is 0 Å². The maximum Gasteiger partial charge on any atom is 0.339 e. The van der Waals surface area contributed by atoms with E-state index in [0.717, 1.165) is 16.8 Å². The number of nitrogen functional groups attached to an aromatic ring is 1. The van der Waals surface area contributed by atoms with E-state index in [1.54, 1.807) is 23.0 Å². The van der Waals surface area contributed by atoms with Gasteiger partial charge >= 0.3 is 5.97 Å². The molecule has 0 aliphatic rings. The predicted molar refractivity (Wildman–Crippen MR) is 84.8 cm³/mol. The summed E-state index contributed by atoms with van der Waals surface area (Å²) in [6.45, 7) is 0. The maximum atomic E-state index is 11.6. The van der Waals surface area contributed by atoms with Crippen LogP contribution < -0.4 is 5.73 Å². The summed E-state index contributed by atoms with van der Waals surface area (Å²) in [7, 11) is 1.33. The average Bonchev–Trinajstić information content (AvgIpc) is 3.05. The summed E-state index contributed by atoms with van der Waals surface area (Å²) in [5.74, 6) is -0.441. The normalized spacial score (nSPS) is 10.4. The smallest absolute Gasteiger partial charge is 0.339 e. The number of benzene rings is 2. The van der Waals surface area contributed by atoms with Gasteiger partial charge in [0.15, 0.2) is 0 Å². The fourth-order valence-corrected chi connectivity index (χ4v) is 2.23. The van der Waals surface area contributed by atoms with Gasteiger partial charge in [0.05, 0.1) is 24.6 Å². The number of methoxy groups -OCH3 is 1. The fourth-order valence-electron chi connectivity index (χ4n) is 2.23. The maximum absolute atomic E-state index is 11.6. The highest BCUT2D eigenvalue weighted by Crippen LogP contribution is 2.25. The highest BCUT2D eigenvalue weighted by molar-refractivity contribution is 5.96. The Kier molecular flexibility index (Phi) is 3.62. The molecule has 3 rings (SSSR count). The van der Waals surface area contributed by atoms with Crippen LogP contribution in [0.25, 0.3) is 16.8 Å². The second kappa shape index (κ2) is 5.73. The molecule has 0 saturated carbocycles. The van der Waals surface area contributed by atoms with E-state index in [9.17, 15) is 4.79 Å². The zero-order valence-corrected chi connectivity index (χ0v) is 12.1. The van der Waals surface area contributed by atoms with E-state index in [1.807, 2.05) is 42.6 Å². The van der Waals surface area contributed by atoms with Gasteiger partial charge in [0.2, 0.25) is 0 Å². The second-order valence-corrected chi connectivity index (χ2v) is 4.80. The van der Waals surface area contributed by atoms with Gasteiger partial charge in [-0.2, -0.15) is 5.10 Å². The number of hydrogen-bond donors (Lipinski definition) is 1. The topological polar surface area (TPSA) is 70.1 Å². The van der Waals surface area contributed by atoms with Crippen LogP contribution in [-0.2, 0) is 4.74 Å². The van der Waals surface area contributed by atoms with Gasteiger partial charge in [0.1, 0.15) is 0 Å². The number of esters is 1. The minimum atomic E-state index is -0.441. The number of rotatable bonds is 3. The minimum absolute atomic E-state index is 0.363. The van der Waals surface area contributed by atoms with E-state index in [0.29, 0.717) is 11.3 Å². The molecule has 1 heterocycles. The lowest BCUT2D eigenvalue weighted by Crippen LogP contribution is -2.05. The summed E-state index contributed by atoms with van der Waals surface area (Å²) in [6.07, 6.45) is 3.68. The molecule has 5 heteroatoms. The molecule has 3 aromatic rings.